The number of nitrogens with two attached hydrogens (primary N) is 1. The van der Waals surface area contributed by atoms with Crippen LogP contribution in [0.5, 0.6) is 0 Å². The number of nitrogens with one attached hydrogen (secondary N) is 1. The van der Waals surface area contributed by atoms with Crippen LogP contribution in [-0.4, -0.2) is 11.0 Å². The molecule has 1 aliphatic carbocycles. The molecule has 0 bridgehead atoms. The maximum atomic E-state index is 5.89. The SMILES string of the molecule is Cc1cnc(NC(C)CC2CC2)c(N)c1. The van der Waals surface area contributed by atoms with Crippen molar-refractivity contribution in [2.45, 2.75) is 39.2 Å². The summed E-state index contributed by atoms with van der Waals surface area (Å²) in [5, 5.41) is 3.37. The van der Waals surface area contributed by atoms with Crippen molar-refractivity contribution in [3.05, 3.63) is 17.8 Å². The van der Waals surface area contributed by atoms with E-state index in [1.54, 1.807) is 0 Å². The molecule has 82 valence electrons. The number of nitrogen functional groups attached to an aromatic ring is 1. The highest BCUT2D eigenvalue weighted by atomic mass is 15.0. The highest BCUT2D eigenvalue weighted by Crippen LogP contribution is 2.34. The first-order valence-electron chi connectivity index (χ1n) is 5.64. The number of nitrogens with zero attached hydrogens (tertiary/aromatic N) is 1. The highest BCUT2D eigenvalue weighted by molar-refractivity contribution is 5.61. The van der Waals surface area contributed by atoms with E-state index in [0.717, 1.165) is 23.0 Å². The maximum absolute atomic E-state index is 5.89. The predicted molar refractivity (Wildman–Crippen MR) is 63.8 cm³/mol. The van der Waals surface area contributed by atoms with Gasteiger partial charge in [-0.05, 0) is 37.8 Å². The molecule has 0 aromatic carbocycles. The fraction of sp³-hybridized carbons (Fsp3) is 0.583. The summed E-state index contributed by atoms with van der Waals surface area (Å²) < 4.78 is 0. The number of aryl methyl sites for hydroxylation is 1. The van der Waals surface area contributed by atoms with Crippen LogP contribution in [0.15, 0.2) is 12.3 Å². The van der Waals surface area contributed by atoms with Gasteiger partial charge in [-0.15, -0.1) is 0 Å². The van der Waals surface area contributed by atoms with Crippen molar-refractivity contribution in [1.82, 2.24) is 4.98 Å². The van der Waals surface area contributed by atoms with Crippen molar-refractivity contribution in [2.24, 2.45) is 5.92 Å². The molecule has 0 spiro atoms. The molecule has 3 heteroatoms. The van der Waals surface area contributed by atoms with Crippen molar-refractivity contribution in [2.75, 3.05) is 11.1 Å². The lowest BCUT2D eigenvalue weighted by Gasteiger charge is -2.15. The average Bonchev–Trinajstić information content (AvgIpc) is 2.94. The van der Waals surface area contributed by atoms with E-state index >= 15 is 0 Å². The highest BCUT2D eigenvalue weighted by Gasteiger charge is 2.23. The van der Waals surface area contributed by atoms with Gasteiger partial charge in [-0.3, -0.25) is 0 Å². The molecule has 0 radical (unpaired) electrons. The molecule has 1 aromatic rings. The lowest BCUT2D eigenvalue weighted by molar-refractivity contribution is 0.640. The second-order valence-electron chi connectivity index (χ2n) is 4.67. The predicted octanol–water partition coefficient (Wildman–Crippen LogP) is 2.57. The topological polar surface area (TPSA) is 50.9 Å². The molecule has 3 nitrogen and oxygen atoms in total. The van der Waals surface area contributed by atoms with E-state index in [1.807, 2.05) is 19.2 Å². The molecular weight excluding hydrogens is 186 g/mol. The maximum Gasteiger partial charge on any atom is 0.149 e. The van der Waals surface area contributed by atoms with Gasteiger partial charge in [0.25, 0.3) is 0 Å². The molecule has 0 aliphatic heterocycles. The first kappa shape index (κ1) is 10.3. The molecule has 1 fully saturated rings. The second-order valence-corrected chi connectivity index (χ2v) is 4.67. The standard InChI is InChI=1S/C12H19N3/c1-8-5-11(13)12(14-7-8)15-9(2)6-10-3-4-10/h5,7,9-10H,3-4,6,13H2,1-2H3,(H,14,15). The van der Waals surface area contributed by atoms with Crippen LogP contribution in [0.25, 0.3) is 0 Å². The monoisotopic (exact) mass is 205 g/mol. The van der Waals surface area contributed by atoms with Gasteiger partial charge in [0.1, 0.15) is 5.82 Å². The number of aromatic nitrogens is 1. The summed E-state index contributed by atoms with van der Waals surface area (Å²) in [6.07, 6.45) is 5.86. The van der Waals surface area contributed by atoms with Crippen LogP contribution in [0.4, 0.5) is 11.5 Å². The molecule has 0 amide bonds. The summed E-state index contributed by atoms with van der Waals surface area (Å²) in [4.78, 5) is 4.31. The molecule has 1 heterocycles. The van der Waals surface area contributed by atoms with Gasteiger partial charge in [-0.1, -0.05) is 12.8 Å². The molecule has 1 unspecified atom stereocenters. The molecule has 1 atom stereocenters. The number of rotatable bonds is 4. The third-order valence-corrected chi connectivity index (χ3v) is 2.82. The van der Waals surface area contributed by atoms with E-state index in [1.165, 1.54) is 19.3 Å². The Labute approximate surface area is 91.1 Å². The molecule has 1 aromatic heterocycles. The molecule has 15 heavy (non-hydrogen) atoms. The molecule has 1 aliphatic rings. The quantitative estimate of drug-likeness (QED) is 0.794. The first-order valence-corrected chi connectivity index (χ1v) is 5.64. The van der Waals surface area contributed by atoms with Gasteiger partial charge in [0, 0.05) is 12.2 Å². The first-order chi connectivity index (χ1) is 7.15. The van der Waals surface area contributed by atoms with E-state index in [0.29, 0.717) is 6.04 Å². The van der Waals surface area contributed by atoms with Gasteiger partial charge in [-0.2, -0.15) is 0 Å². The minimum absolute atomic E-state index is 0.468. The molecular formula is C12H19N3. The van der Waals surface area contributed by atoms with Crippen LogP contribution >= 0.6 is 0 Å². The van der Waals surface area contributed by atoms with Crippen LogP contribution in [-0.2, 0) is 0 Å². The summed E-state index contributed by atoms with van der Waals surface area (Å²) in [5.41, 5.74) is 7.74. The van der Waals surface area contributed by atoms with E-state index < -0.39 is 0 Å². The summed E-state index contributed by atoms with van der Waals surface area (Å²) in [5.74, 6) is 1.76. The van der Waals surface area contributed by atoms with Crippen molar-refractivity contribution in [1.29, 1.82) is 0 Å². The van der Waals surface area contributed by atoms with Crippen LogP contribution in [0, 0.1) is 12.8 Å². The number of pyridine rings is 1. The largest absolute Gasteiger partial charge is 0.396 e. The minimum atomic E-state index is 0.468. The molecule has 2 rings (SSSR count). The Kier molecular flexibility index (Phi) is 2.80. The molecule has 3 N–H and O–H groups in total. The Hall–Kier alpha value is -1.25. The summed E-state index contributed by atoms with van der Waals surface area (Å²) in [7, 11) is 0. The van der Waals surface area contributed by atoms with E-state index in [2.05, 4.69) is 17.2 Å². The van der Waals surface area contributed by atoms with Crippen LogP contribution in [0.1, 0.15) is 31.7 Å². The number of anilines is 2. The summed E-state index contributed by atoms with van der Waals surface area (Å²) in [6, 6.07) is 2.43. The van der Waals surface area contributed by atoms with Crippen LogP contribution in [0.2, 0.25) is 0 Å². The van der Waals surface area contributed by atoms with Crippen molar-refractivity contribution in [3.63, 3.8) is 0 Å². The average molecular weight is 205 g/mol. The zero-order valence-electron chi connectivity index (χ0n) is 9.46. The minimum Gasteiger partial charge on any atom is -0.396 e. The number of hydrogen-bond donors (Lipinski definition) is 2. The fourth-order valence-corrected chi connectivity index (χ4v) is 1.86. The van der Waals surface area contributed by atoms with Crippen molar-refractivity contribution >= 4 is 11.5 Å². The Morgan fingerprint density at radius 3 is 2.93 bits per heavy atom. The summed E-state index contributed by atoms with van der Waals surface area (Å²) >= 11 is 0. The Morgan fingerprint density at radius 2 is 2.33 bits per heavy atom. The van der Waals surface area contributed by atoms with Gasteiger partial charge >= 0.3 is 0 Å². The molecule has 0 saturated heterocycles. The zero-order chi connectivity index (χ0) is 10.8. The fourth-order valence-electron chi connectivity index (χ4n) is 1.86. The lowest BCUT2D eigenvalue weighted by Crippen LogP contribution is -2.17. The third-order valence-electron chi connectivity index (χ3n) is 2.82. The zero-order valence-corrected chi connectivity index (χ0v) is 9.46. The van der Waals surface area contributed by atoms with E-state index in [9.17, 15) is 0 Å². The Morgan fingerprint density at radius 1 is 1.60 bits per heavy atom. The normalized spacial score (nSPS) is 17.5. The summed E-state index contributed by atoms with van der Waals surface area (Å²) in [6.45, 7) is 4.19. The second kappa shape index (κ2) is 4.09. The van der Waals surface area contributed by atoms with Gasteiger partial charge in [0.05, 0.1) is 5.69 Å². The van der Waals surface area contributed by atoms with Crippen LogP contribution < -0.4 is 11.1 Å². The van der Waals surface area contributed by atoms with Gasteiger partial charge in [0.15, 0.2) is 0 Å². The lowest BCUT2D eigenvalue weighted by atomic mass is 10.1. The van der Waals surface area contributed by atoms with Crippen molar-refractivity contribution in [3.8, 4) is 0 Å². The van der Waals surface area contributed by atoms with Gasteiger partial charge in [-0.25, -0.2) is 4.98 Å². The Balaban J connectivity index is 1.96. The number of hydrogen-bond acceptors (Lipinski definition) is 3. The third kappa shape index (κ3) is 2.85. The van der Waals surface area contributed by atoms with Gasteiger partial charge in [0.2, 0.25) is 0 Å². The van der Waals surface area contributed by atoms with Crippen LogP contribution in [0.3, 0.4) is 0 Å². The smallest absolute Gasteiger partial charge is 0.149 e. The van der Waals surface area contributed by atoms with E-state index in [-0.39, 0.29) is 0 Å². The van der Waals surface area contributed by atoms with Crippen molar-refractivity contribution < 1.29 is 0 Å². The molecule has 1 saturated carbocycles. The van der Waals surface area contributed by atoms with E-state index in [4.69, 9.17) is 5.73 Å². The van der Waals surface area contributed by atoms with Gasteiger partial charge < -0.3 is 11.1 Å². The Bertz CT molecular complexity index is 345.